The van der Waals surface area contributed by atoms with Crippen LogP contribution in [-0.2, 0) is 0 Å². The van der Waals surface area contributed by atoms with Gasteiger partial charge in [0.1, 0.15) is 10.6 Å². The number of fused-ring (bicyclic) bond motifs is 2. The van der Waals surface area contributed by atoms with Gasteiger partial charge in [-0.05, 0) is 25.1 Å². The lowest BCUT2D eigenvalue weighted by Crippen LogP contribution is -1.91. The van der Waals surface area contributed by atoms with Crippen molar-refractivity contribution >= 4 is 27.3 Å². The molecule has 0 aliphatic carbocycles. The van der Waals surface area contributed by atoms with Crippen molar-refractivity contribution in [3.8, 4) is 22.2 Å². The highest BCUT2D eigenvalue weighted by molar-refractivity contribution is 7.19. The molecular formula is C17H11N5OS. The molecule has 0 saturated heterocycles. The van der Waals surface area contributed by atoms with Crippen LogP contribution in [0.5, 0.6) is 0 Å². The second-order valence-corrected chi connectivity index (χ2v) is 6.38. The molecule has 7 heteroatoms. The highest BCUT2D eigenvalue weighted by Crippen LogP contribution is 2.33. The van der Waals surface area contributed by atoms with Crippen LogP contribution < -0.4 is 0 Å². The van der Waals surface area contributed by atoms with Crippen LogP contribution >= 0.6 is 11.3 Å². The first-order valence-corrected chi connectivity index (χ1v) is 8.24. The highest BCUT2D eigenvalue weighted by atomic mass is 32.1. The Balaban J connectivity index is 1.72. The van der Waals surface area contributed by atoms with E-state index in [1.54, 1.807) is 16.9 Å². The Bertz CT molecular complexity index is 1170. The van der Waals surface area contributed by atoms with Crippen LogP contribution in [0.15, 0.2) is 53.2 Å². The molecule has 0 amide bonds. The molecule has 1 aromatic carbocycles. The van der Waals surface area contributed by atoms with Gasteiger partial charge < -0.3 is 4.42 Å². The van der Waals surface area contributed by atoms with E-state index in [1.165, 1.54) is 11.3 Å². The van der Waals surface area contributed by atoms with E-state index < -0.39 is 0 Å². The lowest BCUT2D eigenvalue weighted by atomic mass is 10.1. The molecule has 0 N–H and O–H groups in total. The maximum absolute atomic E-state index is 6.00. The maximum Gasteiger partial charge on any atom is 0.235 e. The van der Waals surface area contributed by atoms with E-state index in [1.807, 2.05) is 43.3 Å². The molecule has 0 aliphatic rings. The van der Waals surface area contributed by atoms with Crippen molar-refractivity contribution in [1.82, 2.24) is 24.8 Å². The van der Waals surface area contributed by atoms with Crippen LogP contribution in [0.2, 0.25) is 0 Å². The molecular weight excluding hydrogens is 322 g/mol. The summed E-state index contributed by atoms with van der Waals surface area (Å²) in [6.45, 7) is 2.02. The Morgan fingerprint density at radius 3 is 2.83 bits per heavy atom. The zero-order valence-corrected chi connectivity index (χ0v) is 13.5. The van der Waals surface area contributed by atoms with Gasteiger partial charge in [0.05, 0.1) is 0 Å². The van der Waals surface area contributed by atoms with Crippen molar-refractivity contribution in [3.05, 3.63) is 54.4 Å². The highest BCUT2D eigenvalue weighted by Gasteiger charge is 2.20. The molecule has 0 atom stereocenters. The van der Waals surface area contributed by atoms with Crippen molar-refractivity contribution in [3.63, 3.8) is 0 Å². The monoisotopic (exact) mass is 333 g/mol. The van der Waals surface area contributed by atoms with E-state index >= 15 is 0 Å². The fourth-order valence-corrected chi connectivity index (χ4v) is 3.58. The predicted octanol–water partition coefficient (Wildman–Crippen LogP) is 3.97. The van der Waals surface area contributed by atoms with Crippen LogP contribution in [-0.4, -0.2) is 24.8 Å². The summed E-state index contributed by atoms with van der Waals surface area (Å²) in [7, 11) is 0. The van der Waals surface area contributed by atoms with E-state index in [0.717, 1.165) is 32.1 Å². The summed E-state index contributed by atoms with van der Waals surface area (Å²) in [5.41, 5.74) is 2.83. The normalized spacial score (nSPS) is 11.5. The minimum atomic E-state index is 0.616. The zero-order chi connectivity index (χ0) is 16.1. The number of rotatable bonds is 2. The van der Waals surface area contributed by atoms with Gasteiger partial charge in [-0.25, -0.2) is 0 Å². The summed E-state index contributed by atoms with van der Waals surface area (Å²) in [6.07, 6.45) is 3.53. The topological polar surface area (TPSA) is 69.1 Å². The first-order chi connectivity index (χ1) is 11.8. The summed E-state index contributed by atoms with van der Waals surface area (Å²) in [5, 5.41) is 15.1. The van der Waals surface area contributed by atoms with Gasteiger partial charge >= 0.3 is 0 Å². The van der Waals surface area contributed by atoms with Gasteiger partial charge in [-0.15, -0.1) is 10.2 Å². The van der Waals surface area contributed by atoms with E-state index in [0.29, 0.717) is 11.6 Å². The molecule has 0 bridgehead atoms. The number of aryl methyl sites for hydroxylation is 1. The molecule has 116 valence electrons. The van der Waals surface area contributed by atoms with E-state index in [-0.39, 0.29) is 0 Å². The van der Waals surface area contributed by atoms with Gasteiger partial charge in [0.25, 0.3) is 0 Å². The van der Waals surface area contributed by atoms with Crippen molar-refractivity contribution in [2.24, 2.45) is 0 Å². The number of hydrogen-bond donors (Lipinski definition) is 0. The predicted molar refractivity (Wildman–Crippen MR) is 91.8 cm³/mol. The Labute approximate surface area is 140 Å². The second kappa shape index (κ2) is 4.97. The van der Waals surface area contributed by atoms with Crippen LogP contribution in [0, 0.1) is 6.92 Å². The number of furan rings is 1. The smallest absolute Gasteiger partial charge is 0.235 e. The molecule has 24 heavy (non-hydrogen) atoms. The van der Waals surface area contributed by atoms with Gasteiger partial charge in [0, 0.05) is 28.9 Å². The molecule has 6 nitrogen and oxygen atoms in total. The van der Waals surface area contributed by atoms with Gasteiger partial charge in [0.2, 0.25) is 10.8 Å². The molecule has 4 heterocycles. The number of nitrogens with zero attached hydrogens (tertiary/aromatic N) is 5. The summed E-state index contributed by atoms with van der Waals surface area (Å²) >= 11 is 1.48. The third-order valence-electron chi connectivity index (χ3n) is 3.95. The van der Waals surface area contributed by atoms with Crippen LogP contribution in [0.25, 0.3) is 38.1 Å². The third-order valence-corrected chi connectivity index (χ3v) is 4.89. The van der Waals surface area contributed by atoms with Crippen molar-refractivity contribution in [2.75, 3.05) is 0 Å². The molecule has 5 aromatic rings. The molecule has 5 rings (SSSR count). The minimum absolute atomic E-state index is 0.616. The Morgan fingerprint density at radius 2 is 2.00 bits per heavy atom. The lowest BCUT2D eigenvalue weighted by molar-refractivity contribution is 0.619. The van der Waals surface area contributed by atoms with E-state index in [9.17, 15) is 0 Å². The first-order valence-electron chi connectivity index (χ1n) is 7.42. The quantitative estimate of drug-likeness (QED) is 0.489. The van der Waals surface area contributed by atoms with Crippen molar-refractivity contribution in [1.29, 1.82) is 0 Å². The standard InChI is InChI=1S/C17H11N5OS/c1-10-12-6-2-3-7-13(12)23-14(10)15-19-20-17-22(15)21-16(24-17)11-5-4-8-18-9-11/h2-9H,1H3. The van der Waals surface area contributed by atoms with Crippen LogP contribution in [0.4, 0.5) is 0 Å². The minimum Gasteiger partial charge on any atom is -0.452 e. The lowest BCUT2D eigenvalue weighted by Gasteiger charge is -1.94. The molecule has 0 saturated carbocycles. The molecule has 0 radical (unpaired) electrons. The molecule has 0 aliphatic heterocycles. The van der Waals surface area contributed by atoms with Gasteiger partial charge in [-0.1, -0.05) is 29.5 Å². The largest absolute Gasteiger partial charge is 0.452 e. The number of para-hydroxylation sites is 1. The molecule has 4 aromatic heterocycles. The Hall–Kier alpha value is -3.06. The Kier molecular flexibility index (Phi) is 2.77. The average molecular weight is 333 g/mol. The van der Waals surface area contributed by atoms with E-state index in [4.69, 9.17) is 4.42 Å². The maximum atomic E-state index is 6.00. The van der Waals surface area contributed by atoms with Crippen molar-refractivity contribution in [2.45, 2.75) is 6.92 Å². The fourth-order valence-electron chi connectivity index (χ4n) is 2.75. The summed E-state index contributed by atoms with van der Waals surface area (Å²) < 4.78 is 7.73. The molecule has 0 unspecified atom stereocenters. The summed E-state index contributed by atoms with van der Waals surface area (Å²) in [5.74, 6) is 1.32. The van der Waals surface area contributed by atoms with Crippen molar-refractivity contribution < 1.29 is 4.42 Å². The van der Waals surface area contributed by atoms with E-state index in [2.05, 4.69) is 20.3 Å². The summed E-state index contributed by atoms with van der Waals surface area (Å²) in [6, 6.07) is 11.8. The van der Waals surface area contributed by atoms with Crippen LogP contribution in [0.1, 0.15) is 5.56 Å². The average Bonchev–Trinajstić information content (AvgIpc) is 3.29. The number of aromatic nitrogens is 5. The number of pyridine rings is 1. The van der Waals surface area contributed by atoms with Gasteiger partial charge in [0.15, 0.2) is 5.76 Å². The van der Waals surface area contributed by atoms with Gasteiger partial charge in [-0.3, -0.25) is 4.98 Å². The second-order valence-electron chi connectivity index (χ2n) is 5.42. The zero-order valence-electron chi connectivity index (χ0n) is 12.7. The number of benzene rings is 1. The first kappa shape index (κ1) is 13.4. The van der Waals surface area contributed by atoms with Gasteiger partial charge in [-0.2, -0.15) is 9.61 Å². The third kappa shape index (κ3) is 1.88. The SMILES string of the molecule is Cc1c(-c2nnc3sc(-c4cccnc4)nn23)oc2ccccc12. The fraction of sp³-hybridized carbons (Fsp3) is 0.0588. The van der Waals surface area contributed by atoms with Crippen LogP contribution in [0.3, 0.4) is 0 Å². The number of hydrogen-bond acceptors (Lipinski definition) is 6. The Morgan fingerprint density at radius 1 is 1.08 bits per heavy atom. The molecule has 0 spiro atoms. The molecule has 0 fully saturated rings. The summed E-state index contributed by atoms with van der Waals surface area (Å²) in [4.78, 5) is 4.87.